The Morgan fingerprint density at radius 2 is 1.88 bits per heavy atom. The first-order valence-electron chi connectivity index (χ1n) is 8.31. The molecule has 1 N–H and O–H groups in total. The summed E-state index contributed by atoms with van der Waals surface area (Å²) in [7, 11) is 1.63. The topological polar surface area (TPSA) is 58.2 Å². The van der Waals surface area contributed by atoms with Gasteiger partial charge in [0.2, 0.25) is 0 Å². The molecule has 0 radical (unpaired) electrons. The minimum atomic E-state index is -0.0956. The Morgan fingerprint density at radius 3 is 2.58 bits per heavy atom. The van der Waals surface area contributed by atoms with Gasteiger partial charge in [-0.2, -0.15) is 5.10 Å². The van der Waals surface area contributed by atoms with Crippen molar-refractivity contribution in [2.45, 2.75) is 6.54 Å². The third-order valence-corrected chi connectivity index (χ3v) is 4.55. The van der Waals surface area contributed by atoms with E-state index < -0.39 is 0 Å². The second kappa shape index (κ2) is 8.78. The van der Waals surface area contributed by atoms with Gasteiger partial charge in [-0.3, -0.25) is 9.89 Å². The molecule has 6 heteroatoms. The lowest BCUT2D eigenvalue weighted by Crippen LogP contribution is -2.33. The number of ether oxygens (including phenoxy) is 1. The van der Waals surface area contributed by atoms with Crippen LogP contribution in [0.2, 0.25) is 0 Å². The highest BCUT2D eigenvalue weighted by atomic mass is 79.9. The van der Waals surface area contributed by atoms with E-state index in [1.54, 1.807) is 18.1 Å². The van der Waals surface area contributed by atoms with E-state index in [9.17, 15) is 4.79 Å². The zero-order valence-corrected chi connectivity index (χ0v) is 16.1. The number of rotatable bonds is 7. The number of H-pyrrole nitrogens is 1. The van der Waals surface area contributed by atoms with Crippen molar-refractivity contribution in [2.75, 3.05) is 20.3 Å². The molecule has 1 heterocycles. The van der Waals surface area contributed by atoms with Crippen LogP contribution >= 0.6 is 15.9 Å². The number of aromatic amines is 1. The molecule has 0 saturated carbocycles. The standard InChI is InChI=1S/C20H20BrN3O2/c1-26-12-11-24(14-15-5-3-2-4-6-15)20(25)19-13-18(22-23-19)16-7-9-17(21)10-8-16/h2-10,13H,11-12,14H2,1H3,(H,22,23). The number of nitrogens with zero attached hydrogens (tertiary/aromatic N) is 2. The van der Waals surface area contributed by atoms with Crippen LogP contribution in [0.1, 0.15) is 16.1 Å². The molecule has 0 fully saturated rings. The van der Waals surface area contributed by atoms with Gasteiger partial charge in [-0.05, 0) is 23.8 Å². The third-order valence-electron chi connectivity index (χ3n) is 4.02. The van der Waals surface area contributed by atoms with Gasteiger partial charge in [0.1, 0.15) is 5.69 Å². The summed E-state index contributed by atoms with van der Waals surface area (Å²) in [4.78, 5) is 14.7. The van der Waals surface area contributed by atoms with Gasteiger partial charge in [0.15, 0.2) is 0 Å². The smallest absolute Gasteiger partial charge is 0.272 e. The number of halogens is 1. The zero-order chi connectivity index (χ0) is 18.4. The molecular weight excluding hydrogens is 394 g/mol. The van der Waals surface area contributed by atoms with Gasteiger partial charge in [0.05, 0.1) is 12.3 Å². The number of nitrogens with one attached hydrogen (secondary N) is 1. The summed E-state index contributed by atoms with van der Waals surface area (Å²) in [6.07, 6.45) is 0. The third kappa shape index (κ3) is 4.59. The van der Waals surface area contributed by atoms with Crippen LogP contribution in [0.15, 0.2) is 65.1 Å². The van der Waals surface area contributed by atoms with Crippen LogP contribution in [-0.2, 0) is 11.3 Å². The molecule has 26 heavy (non-hydrogen) atoms. The van der Waals surface area contributed by atoms with Crippen LogP contribution in [0, 0.1) is 0 Å². The maximum absolute atomic E-state index is 12.9. The Morgan fingerprint density at radius 1 is 1.15 bits per heavy atom. The van der Waals surface area contributed by atoms with E-state index in [0.29, 0.717) is 25.4 Å². The van der Waals surface area contributed by atoms with Crippen molar-refractivity contribution in [1.82, 2.24) is 15.1 Å². The van der Waals surface area contributed by atoms with E-state index in [2.05, 4.69) is 26.1 Å². The van der Waals surface area contributed by atoms with E-state index in [-0.39, 0.29) is 5.91 Å². The molecule has 0 spiro atoms. The SMILES string of the molecule is COCCN(Cc1ccccc1)C(=O)c1cc(-c2ccc(Br)cc2)n[nH]1. The number of carbonyl (C=O) groups is 1. The number of hydrogen-bond acceptors (Lipinski definition) is 3. The number of methoxy groups -OCH3 is 1. The molecular formula is C20H20BrN3O2. The van der Waals surface area contributed by atoms with Crippen LogP contribution in [0.25, 0.3) is 11.3 Å². The Labute approximate surface area is 161 Å². The summed E-state index contributed by atoms with van der Waals surface area (Å²) < 4.78 is 6.16. The fourth-order valence-electron chi connectivity index (χ4n) is 2.63. The first-order valence-corrected chi connectivity index (χ1v) is 9.10. The Bertz CT molecular complexity index is 847. The lowest BCUT2D eigenvalue weighted by Gasteiger charge is -2.21. The second-order valence-electron chi connectivity index (χ2n) is 5.88. The fourth-order valence-corrected chi connectivity index (χ4v) is 2.89. The predicted molar refractivity (Wildman–Crippen MR) is 105 cm³/mol. The van der Waals surface area contributed by atoms with Crippen molar-refractivity contribution in [3.63, 3.8) is 0 Å². The summed E-state index contributed by atoms with van der Waals surface area (Å²) in [5.41, 5.74) is 3.24. The monoisotopic (exact) mass is 413 g/mol. The van der Waals surface area contributed by atoms with Gasteiger partial charge >= 0.3 is 0 Å². The highest BCUT2D eigenvalue weighted by molar-refractivity contribution is 9.10. The average Bonchev–Trinajstić information content (AvgIpc) is 3.16. The fraction of sp³-hybridized carbons (Fsp3) is 0.200. The molecule has 1 aromatic heterocycles. The first kappa shape index (κ1) is 18.4. The number of aromatic nitrogens is 2. The average molecular weight is 414 g/mol. The van der Waals surface area contributed by atoms with E-state index >= 15 is 0 Å². The predicted octanol–water partition coefficient (Wildman–Crippen LogP) is 4.13. The summed E-state index contributed by atoms with van der Waals surface area (Å²) in [5.74, 6) is -0.0956. The molecule has 3 aromatic rings. The van der Waals surface area contributed by atoms with Gasteiger partial charge in [0, 0.05) is 30.2 Å². The van der Waals surface area contributed by atoms with Gasteiger partial charge in [-0.1, -0.05) is 58.4 Å². The summed E-state index contributed by atoms with van der Waals surface area (Å²) in [5, 5.41) is 7.16. The Kier molecular flexibility index (Phi) is 6.20. The van der Waals surface area contributed by atoms with Crippen molar-refractivity contribution in [3.8, 4) is 11.3 Å². The molecule has 0 aliphatic rings. The maximum atomic E-state index is 12.9. The number of hydrogen-bond donors (Lipinski definition) is 1. The second-order valence-corrected chi connectivity index (χ2v) is 6.79. The molecule has 0 aliphatic heterocycles. The van der Waals surface area contributed by atoms with Crippen molar-refractivity contribution in [3.05, 3.63) is 76.4 Å². The highest BCUT2D eigenvalue weighted by Crippen LogP contribution is 2.21. The van der Waals surface area contributed by atoms with Gasteiger partial charge in [-0.25, -0.2) is 0 Å². The van der Waals surface area contributed by atoms with Crippen LogP contribution in [-0.4, -0.2) is 41.3 Å². The highest BCUT2D eigenvalue weighted by Gasteiger charge is 2.19. The molecule has 3 rings (SSSR count). The minimum Gasteiger partial charge on any atom is -0.383 e. The van der Waals surface area contributed by atoms with Crippen LogP contribution in [0.3, 0.4) is 0 Å². The molecule has 0 saturated heterocycles. The molecule has 1 amide bonds. The number of carbonyl (C=O) groups excluding carboxylic acids is 1. The molecule has 0 atom stereocenters. The van der Waals surface area contributed by atoms with Gasteiger partial charge in [-0.15, -0.1) is 0 Å². The number of benzene rings is 2. The molecule has 2 aromatic carbocycles. The molecule has 134 valence electrons. The van der Waals surface area contributed by atoms with Crippen molar-refractivity contribution >= 4 is 21.8 Å². The quantitative estimate of drug-likeness (QED) is 0.633. The minimum absolute atomic E-state index is 0.0956. The van der Waals surface area contributed by atoms with E-state index in [4.69, 9.17) is 4.74 Å². The van der Waals surface area contributed by atoms with Crippen LogP contribution in [0.5, 0.6) is 0 Å². The largest absolute Gasteiger partial charge is 0.383 e. The van der Waals surface area contributed by atoms with Crippen LogP contribution in [0.4, 0.5) is 0 Å². The van der Waals surface area contributed by atoms with E-state index in [0.717, 1.165) is 21.3 Å². The van der Waals surface area contributed by atoms with Gasteiger partial charge in [0.25, 0.3) is 5.91 Å². The normalized spacial score (nSPS) is 10.7. The number of amides is 1. The summed E-state index contributed by atoms with van der Waals surface area (Å²) in [6, 6.07) is 19.5. The maximum Gasteiger partial charge on any atom is 0.272 e. The van der Waals surface area contributed by atoms with Gasteiger partial charge < -0.3 is 9.64 Å². The Hall–Kier alpha value is -2.44. The molecule has 0 aliphatic carbocycles. The lowest BCUT2D eigenvalue weighted by molar-refractivity contribution is 0.0674. The molecule has 5 nitrogen and oxygen atoms in total. The summed E-state index contributed by atoms with van der Waals surface area (Å²) >= 11 is 3.42. The van der Waals surface area contributed by atoms with Crippen molar-refractivity contribution < 1.29 is 9.53 Å². The van der Waals surface area contributed by atoms with Crippen LogP contribution < -0.4 is 0 Å². The van der Waals surface area contributed by atoms with Crippen molar-refractivity contribution in [2.24, 2.45) is 0 Å². The lowest BCUT2D eigenvalue weighted by atomic mass is 10.1. The first-order chi connectivity index (χ1) is 12.7. The zero-order valence-electron chi connectivity index (χ0n) is 14.5. The van der Waals surface area contributed by atoms with E-state index in [1.165, 1.54) is 0 Å². The van der Waals surface area contributed by atoms with Crippen molar-refractivity contribution in [1.29, 1.82) is 0 Å². The Balaban J connectivity index is 1.79. The molecule has 0 unspecified atom stereocenters. The summed E-state index contributed by atoms with van der Waals surface area (Å²) in [6.45, 7) is 1.51. The van der Waals surface area contributed by atoms with E-state index in [1.807, 2.05) is 54.6 Å². The molecule has 0 bridgehead atoms.